The molecule has 0 aromatic carbocycles. The summed E-state index contributed by atoms with van der Waals surface area (Å²) >= 11 is 0. The zero-order chi connectivity index (χ0) is 12.6. The fraction of sp³-hybridized carbons (Fsp3) is 0.667. The van der Waals surface area contributed by atoms with Crippen molar-refractivity contribution in [2.45, 2.75) is 25.8 Å². The molecule has 92 valence electrons. The lowest BCUT2D eigenvalue weighted by Gasteiger charge is -2.13. The van der Waals surface area contributed by atoms with Crippen molar-refractivity contribution in [1.82, 2.24) is 5.32 Å². The van der Waals surface area contributed by atoms with Gasteiger partial charge in [0.2, 0.25) is 11.8 Å². The minimum Gasteiger partial charge on any atom is -0.480 e. The molecule has 4 N–H and O–H groups in total. The molecule has 0 aromatic rings. The van der Waals surface area contributed by atoms with Gasteiger partial charge in [0.1, 0.15) is 12.6 Å². The van der Waals surface area contributed by atoms with Gasteiger partial charge in [0, 0.05) is 13.0 Å². The molecule has 2 amide bonds. The van der Waals surface area contributed by atoms with E-state index < -0.39 is 23.8 Å². The van der Waals surface area contributed by atoms with E-state index in [-0.39, 0.29) is 19.4 Å². The summed E-state index contributed by atoms with van der Waals surface area (Å²) in [6.07, 6.45) is -0.117. The third-order valence-corrected chi connectivity index (χ3v) is 1.75. The Labute approximate surface area is 92.9 Å². The van der Waals surface area contributed by atoms with Crippen LogP contribution < -0.4 is 11.1 Å². The number of primary amides is 1. The summed E-state index contributed by atoms with van der Waals surface area (Å²) in [4.78, 5) is 32.3. The smallest absolute Gasteiger partial charge is 0.326 e. The summed E-state index contributed by atoms with van der Waals surface area (Å²) in [7, 11) is 0. The number of carboxylic acid groups (broad SMARTS) is 1. The van der Waals surface area contributed by atoms with Gasteiger partial charge >= 0.3 is 5.97 Å². The number of aliphatic carboxylic acids is 1. The van der Waals surface area contributed by atoms with Crippen molar-refractivity contribution in [2.24, 2.45) is 5.73 Å². The molecule has 0 bridgehead atoms. The van der Waals surface area contributed by atoms with E-state index in [1.54, 1.807) is 6.92 Å². The summed E-state index contributed by atoms with van der Waals surface area (Å²) in [5.74, 6) is -2.34. The molecule has 0 aliphatic heterocycles. The van der Waals surface area contributed by atoms with Crippen LogP contribution in [0.15, 0.2) is 0 Å². The molecule has 0 fully saturated rings. The first kappa shape index (κ1) is 14.4. The molecular weight excluding hydrogens is 216 g/mol. The van der Waals surface area contributed by atoms with E-state index in [9.17, 15) is 14.4 Å². The van der Waals surface area contributed by atoms with Crippen LogP contribution in [0.25, 0.3) is 0 Å². The second-order valence-corrected chi connectivity index (χ2v) is 3.10. The second-order valence-electron chi connectivity index (χ2n) is 3.10. The van der Waals surface area contributed by atoms with E-state index in [0.29, 0.717) is 6.61 Å². The summed E-state index contributed by atoms with van der Waals surface area (Å²) in [6, 6.07) is -1.11. The predicted octanol–water partition coefficient (Wildman–Crippen LogP) is -1.14. The Morgan fingerprint density at radius 3 is 2.50 bits per heavy atom. The van der Waals surface area contributed by atoms with Gasteiger partial charge in [0.15, 0.2) is 0 Å². The Morgan fingerprint density at radius 1 is 1.44 bits per heavy atom. The van der Waals surface area contributed by atoms with Gasteiger partial charge in [-0.1, -0.05) is 0 Å². The number of rotatable bonds is 8. The molecule has 0 radical (unpaired) electrons. The molecule has 0 aliphatic rings. The van der Waals surface area contributed by atoms with Gasteiger partial charge in [-0.05, 0) is 13.3 Å². The standard InChI is InChI=1S/C9H16N2O5/c1-2-16-5-8(13)11-6(9(14)15)3-4-7(10)12/h6H,2-5H2,1H3,(H2,10,12)(H,11,13)(H,14,15)/t6-/m0/s1. The highest BCUT2D eigenvalue weighted by Gasteiger charge is 2.20. The lowest BCUT2D eigenvalue weighted by atomic mass is 10.1. The largest absolute Gasteiger partial charge is 0.480 e. The molecule has 0 aliphatic carbocycles. The van der Waals surface area contributed by atoms with Crippen LogP contribution in [0.2, 0.25) is 0 Å². The molecule has 7 heteroatoms. The highest BCUT2D eigenvalue weighted by Crippen LogP contribution is 1.97. The summed E-state index contributed by atoms with van der Waals surface area (Å²) in [5, 5.41) is 11.0. The minimum atomic E-state index is -1.20. The Morgan fingerprint density at radius 2 is 2.06 bits per heavy atom. The van der Waals surface area contributed by atoms with Crippen molar-refractivity contribution in [3.8, 4) is 0 Å². The molecule has 0 heterocycles. The summed E-state index contributed by atoms with van der Waals surface area (Å²) in [5.41, 5.74) is 4.88. The van der Waals surface area contributed by atoms with E-state index in [1.165, 1.54) is 0 Å². The van der Waals surface area contributed by atoms with Crippen LogP contribution in [0.4, 0.5) is 0 Å². The van der Waals surface area contributed by atoms with Gasteiger partial charge in [0.25, 0.3) is 0 Å². The minimum absolute atomic E-state index is 0.0253. The first-order chi connectivity index (χ1) is 7.47. The predicted molar refractivity (Wildman–Crippen MR) is 54.5 cm³/mol. The molecule has 1 atom stereocenters. The number of carbonyl (C=O) groups excluding carboxylic acids is 2. The normalized spacial score (nSPS) is 11.8. The number of carboxylic acids is 1. The van der Waals surface area contributed by atoms with Crippen molar-refractivity contribution < 1.29 is 24.2 Å². The van der Waals surface area contributed by atoms with Crippen molar-refractivity contribution in [3.63, 3.8) is 0 Å². The molecular formula is C9H16N2O5. The third kappa shape index (κ3) is 6.77. The van der Waals surface area contributed by atoms with Crippen LogP contribution in [0.1, 0.15) is 19.8 Å². The molecule has 7 nitrogen and oxygen atoms in total. The molecule has 0 saturated carbocycles. The number of carbonyl (C=O) groups is 3. The number of ether oxygens (including phenoxy) is 1. The topological polar surface area (TPSA) is 119 Å². The van der Waals surface area contributed by atoms with E-state index in [1.807, 2.05) is 0 Å². The van der Waals surface area contributed by atoms with Gasteiger partial charge in [-0.15, -0.1) is 0 Å². The zero-order valence-electron chi connectivity index (χ0n) is 9.06. The van der Waals surface area contributed by atoms with Crippen LogP contribution in [-0.2, 0) is 19.1 Å². The monoisotopic (exact) mass is 232 g/mol. The molecule has 0 aromatic heterocycles. The van der Waals surface area contributed by atoms with Crippen LogP contribution in [0.5, 0.6) is 0 Å². The van der Waals surface area contributed by atoms with E-state index in [0.717, 1.165) is 0 Å². The van der Waals surface area contributed by atoms with E-state index in [4.69, 9.17) is 15.6 Å². The van der Waals surface area contributed by atoms with Gasteiger partial charge in [0.05, 0.1) is 0 Å². The van der Waals surface area contributed by atoms with Crippen molar-refractivity contribution in [2.75, 3.05) is 13.2 Å². The SMILES string of the molecule is CCOCC(=O)N[C@@H](CCC(N)=O)C(=O)O. The Balaban J connectivity index is 4.07. The van der Waals surface area contributed by atoms with Crippen LogP contribution in [0, 0.1) is 0 Å². The highest BCUT2D eigenvalue weighted by atomic mass is 16.5. The lowest BCUT2D eigenvalue weighted by molar-refractivity contribution is -0.142. The maximum absolute atomic E-state index is 11.1. The van der Waals surface area contributed by atoms with Crippen LogP contribution in [-0.4, -0.2) is 42.1 Å². The first-order valence-electron chi connectivity index (χ1n) is 4.85. The van der Waals surface area contributed by atoms with Crippen LogP contribution >= 0.6 is 0 Å². The first-order valence-corrected chi connectivity index (χ1v) is 4.85. The lowest BCUT2D eigenvalue weighted by Crippen LogP contribution is -2.43. The average molecular weight is 232 g/mol. The fourth-order valence-corrected chi connectivity index (χ4v) is 0.975. The van der Waals surface area contributed by atoms with Gasteiger partial charge in [-0.2, -0.15) is 0 Å². The molecule has 0 rings (SSSR count). The number of amides is 2. The Kier molecular flexibility index (Phi) is 6.86. The Hall–Kier alpha value is -1.63. The molecule has 0 spiro atoms. The number of nitrogens with one attached hydrogen (secondary N) is 1. The number of hydrogen-bond donors (Lipinski definition) is 3. The quantitative estimate of drug-likeness (QED) is 0.488. The van der Waals surface area contributed by atoms with Gasteiger partial charge < -0.3 is 20.9 Å². The number of hydrogen-bond acceptors (Lipinski definition) is 4. The third-order valence-electron chi connectivity index (χ3n) is 1.75. The van der Waals surface area contributed by atoms with E-state index >= 15 is 0 Å². The zero-order valence-corrected chi connectivity index (χ0v) is 9.06. The van der Waals surface area contributed by atoms with Crippen LogP contribution in [0.3, 0.4) is 0 Å². The van der Waals surface area contributed by atoms with Gasteiger partial charge in [-0.25, -0.2) is 4.79 Å². The van der Waals surface area contributed by atoms with Crippen molar-refractivity contribution >= 4 is 17.8 Å². The second kappa shape index (κ2) is 7.63. The maximum Gasteiger partial charge on any atom is 0.326 e. The highest BCUT2D eigenvalue weighted by molar-refractivity contribution is 5.84. The van der Waals surface area contributed by atoms with Crippen molar-refractivity contribution in [1.29, 1.82) is 0 Å². The summed E-state index contributed by atoms with van der Waals surface area (Å²) in [6.45, 7) is 1.89. The fourth-order valence-electron chi connectivity index (χ4n) is 0.975. The molecule has 0 saturated heterocycles. The summed E-state index contributed by atoms with van der Waals surface area (Å²) < 4.78 is 4.80. The molecule has 0 unspecified atom stereocenters. The average Bonchev–Trinajstić information content (AvgIpc) is 2.20. The number of nitrogens with two attached hydrogens (primary N) is 1. The molecule has 16 heavy (non-hydrogen) atoms. The van der Waals surface area contributed by atoms with E-state index in [2.05, 4.69) is 5.32 Å². The van der Waals surface area contributed by atoms with Crippen molar-refractivity contribution in [3.05, 3.63) is 0 Å². The maximum atomic E-state index is 11.1. The Bertz CT molecular complexity index is 267. The van der Waals surface area contributed by atoms with Gasteiger partial charge in [-0.3, -0.25) is 9.59 Å².